The molecule has 0 aliphatic carbocycles. The summed E-state index contributed by atoms with van der Waals surface area (Å²) >= 11 is 5.24. The number of carboxylic acid groups (broad SMARTS) is 1. The molecular weight excluding hydrogens is 638 g/mol. The highest BCUT2D eigenvalue weighted by Crippen LogP contribution is 2.30. The highest BCUT2D eigenvalue weighted by atomic mass is 35.5. The number of carboxylic acids is 1. The minimum atomic E-state index is -1.15. The van der Waals surface area contributed by atoms with Gasteiger partial charge >= 0.3 is 29.0 Å². The fourth-order valence-electron chi connectivity index (χ4n) is 3.31. The molecule has 0 saturated carbocycles. The van der Waals surface area contributed by atoms with E-state index in [1.165, 1.54) is 49.6 Å². The minimum Gasteiger partial charge on any atom is -0.487 e. The third-order valence-electron chi connectivity index (χ3n) is 5.26. The molecule has 0 heterocycles. The molecule has 0 radical (unpaired) electrons. The number of hydrogen-bond acceptors (Lipinski definition) is 13. The van der Waals surface area contributed by atoms with Crippen LogP contribution in [0.25, 0.3) is 0 Å². The van der Waals surface area contributed by atoms with E-state index in [2.05, 4.69) is 4.74 Å². The number of halogens is 1. The molecule has 0 saturated heterocycles. The van der Waals surface area contributed by atoms with Crippen LogP contribution < -0.4 is 14.2 Å². The number of nitro groups is 3. The van der Waals surface area contributed by atoms with Gasteiger partial charge in [0.25, 0.3) is 5.24 Å². The Morgan fingerprint density at radius 1 is 0.652 bits per heavy atom. The van der Waals surface area contributed by atoms with Gasteiger partial charge in [0.1, 0.15) is 0 Å². The maximum Gasteiger partial charge on any atom is 0.337 e. The minimum absolute atomic E-state index is 0.0256. The van der Waals surface area contributed by atoms with E-state index < -0.39 is 32.0 Å². The van der Waals surface area contributed by atoms with Gasteiger partial charge in [0.2, 0.25) is 0 Å². The third kappa shape index (κ3) is 11.3. The lowest BCUT2D eigenvalue weighted by Gasteiger charge is -2.05. The molecule has 46 heavy (non-hydrogen) atoms. The van der Waals surface area contributed by atoms with Gasteiger partial charge < -0.3 is 24.1 Å². The summed E-state index contributed by atoms with van der Waals surface area (Å²) in [6, 6.07) is 11.0. The van der Waals surface area contributed by atoms with Crippen molar-refractivity contribution in [2.45, 2.75) is 20.8 Å². The van der Waals surface area contributed by atoms with Crippen molar-refractivity contribution < 1.29 is 53.2 Å². The molecule has 0 unspecified atom stereocenters. The molecular formula is C28H28ClN3O14. The van der Waals surface area contributed by atoms with Gasteiger partial charge in [0.05, 0.1) is 52.8 Å². The number of ether oxygens (including phenoxy) is 4. The monoisotopic (exact) mass is 665 g/mol. The Bertz CT molecular complexity index is 1520. The van der Waals surface area contributed by atoms with E-state index >= 15 is 0 Å². The van der Waals surface area contributed by atoms with Crippen molar-refractivity contribution in [1.82, 2.24) is 0 Å². The van der Waals surface area contributed by atoms with Crippen molar-refractivity contribution in [2.24, 2.45) is 0 Å². The van der Waals surface area contributed by atoms with Crippen LogP contribution in [0.15, 0.2) is 54.6 Å². The molecule has 0 aliphatic heterocycles. The highest BCUT2D eigenvalue weighted by Gasteiger charge is 2.19. The standard InChI is InChI=1S/C10H11NO5.C9H8ClNO4.C9H9NO5/c1-3-16-9-6-7(10(12)15-2)4-5-8(9)11(13)14;1-2-15-8-5-6(9(10)12)3-4-7(8)11(13)14;1-2-15-8-5-6(9(11)12)3-4-7(8)10(13)14/h4-6H,3H2,1-2H3;3-5H,2H2,1H3;3-5H,2H2,1H3,(H,11,12). The Morgan fingerprint density at radius 3 is 1.28 bits per heavy atom. The first-order chi connectivity index (χ1) is 21.7. The van der Waals surface area contributed by atoms with Gasteiger partial charge in [0.15, 0.2) is 17.2 Å². The zero-order chi connectivity index (χ0) is 35.0. The molecule has 0 bridgehead atoms. The van der Waals surface area contributed by atoms with E-state index in [1.807, 2.05) is 0 Å². The molecule has 246 valence electrons. The van der Waals surface area contributed by atoms with Gasteiger partial charge in [-0.05, 0) is 56.6 Å². The Labute approximate surface area is 265 Å². The van der Waals surface area contributed by atoms with Gasteiger partial charge in [-0.25, -0.2) is 9.59 Å². The van der Waals surface area contributed by atoms with Gasteiger partial charge in [-0.3, -0.25) is 35.1 Å². The average Bonchev–Trinajstić information content (AvgIpc) is 3.01. The van der Waals surface area contributed by atoms with Gasteiger partial charge in [0, 0.05) is 35.9 Å². The normalized spacial score (nSPS) is 9.67. The lowest BCUT2D eigenvalue weighted by Crippen LogP contribution is -2.04. The number of benzene rings is 3. The van der Waals surface area contributed by atoms with Crippen molar-refractivity contribution >= 4 is 45.8 Å². The first-order valence-corrected chi connectivity index (χ1v) is 13.3. The van der Waals surface area contributed by atoms with Crippen molar-refractivity contribution in [1.29, 1.82) is 0 Å². The molecule has 0 amide bonds. The van der Waals surface area contributed by atoms with Crippen LogP contribution in [-0.4, -0.2) is 64.0 Å². The van der Waals surface area contributed by atoms with Gasteiger partial charge in [-0.1, -0.05) is 0 Å². The number of esters is 1. The summed E-state index contributed by atoms with van der Waals surface area (Å²) in [6.07, 6.45) is 0. The van der Waals surface area contributed by atoms with Gasteiger partial charge in [-0.2, -0.15) is 0 Å². The topological polar surface area (TPSA) is 238 Å². The average molecular weight is 666 g/mol. The first-order valence-electron chi connectivity index (χ1n) is 13.0. The third-order valence-corrected chi connectivity index (χ3v) is 5.48. The lowest BCUT2D eigenvalue weighted by molar-refractivity contribution is -0.386. The van der Waals surface area contributed by atoms with Crippen LogP contribution in [0.1, 0.15) is 51.8 Å². The number of carbonyl (C=O) groups is 3. The molecule has 0 aliphatic rings. The highest BCUT2D eigenvalue weighted by molar-refractivity contribution is 6.67. The molecule has 0 spiro atoms. The van der Waals surface area contributed by atoms with E-state index in [9.17, 15) is 44.7 Å². The molecule has 3 rings (SSSR count). The summed E-state index contributed by atoms with van der Waals surface area (Å²) in [5, 5.41) is 39.8. The number of nitro benzene ring substituents is 3. The van der Waals surface area contributed by atoms with Crippen molar-refractivity contribution in [3.05, 3.63) is 102 Å². The van der Waals surface area contributed by atoms with Crippen LogP contribution in [-0.2, 0) is 4.74 Å². The molecule has 0 atom stereocenters. The number of methoxy groups -OCH3 is 1. The molecule has 18 heteroatoms. The zero-order valence-electron chi connectivity index (χ0n) is 24.8. The van der Waals surface area contributed by atoms with Crippen molar-refractivity contribution in [3.63, 3.8) is 0 Å². The Balaban J connectivity index is 0.000000345. The van der Waals surface area contributed by atoms with Crippen LogP contribution >= 0.6 is 11.6 Å². The Hall–Kier alpha value is -5.84. The van der Waals surface area contributed by atoms with Crippen molar-refractivity contribution in [2.75, 3.05) is 26.9 Å². The van der Waals surface area contributed by atoms with Crippen LogP contribution in [0.5, 0.6) is 17.2 Å². The smallest absolute Gasteiger partial charge is 0.337 e. The largest absolute Gasteiger partial charge is 0.487 e. The van der Waals surface area contributed by atoms with E-state index in [0.717, 1.165) is 12.1 Å². The van der Waals surface area contributed by atoms with E-state index in [4.69, 9.17) is 30.9 Å². The second-order valence-electron chi connectivity index (χ2n) is 8.19. The van der Waals surface area contributed by atoms with E-state index in [1.54, 1.807) is 20.8 Å². The van der Waals surface area contributed by atoms with E-state index in [-0.39, 0.29) is 70.8 Å². The maximum absolute atomic E-state index is 11.2. The summed E-state index contributed by atoms with van der Waals surface area (Å²) in [5.41, 5.74) is -0.235. The Kier molecular flexibility index (Phi) is 15.6. The zero-order valence-corrected chi connectivity index (χ0v) is 25.5. The second-order valence-corrected chi connectivity index (χ2v) is 8.53. The SMILES string of the molecule is CCOc1cc(C(=O)Cl)ccc1[N+](=O)[O-].CCOc1cc(C(=O)O)ccc1[N+](=O)[O-].CCOc1cc(C(=O)OC)ccc1[N+](=O)[O-]. The molecule has 17 nitrogen and oxygen atoms in total. The number of aromatic carboxylic acids is 1. The van der Waals surface area contributed by atoms with Crippen LogP contribution in [0.2, 0.25) is 0 Å². The number of hydrogen-bond donors (Lipinski definition) is 1. The van der Waals surface area contributed by atoms with Crippen LogP contribution in [0.3, 0.4) is 0 Å². The summed E-state index contributed by atoms with van der Waals surface area (Å²) in [5.74, 6) is -1.62. The first kappa shape index (κ1) is 38.2. The Morgan fingerprint density at radius 2 is 0.978 bits per heavy atom. The molecule has 3 aromatic rings. The molecule has 0 fully saturated rings. The maximum atomic E-state index is 11.2. The number of carbonyl (C=O) groups excluding carboxylic acids is 2. The fourth-order valence-corrected chi connectivity index (χ4v) is 3.43. The van der Waals surface area contributed by atoms with Crippen molar-refractivity contribution in [3.8, 4) is 17.2 Å². The summed E-state index contributed by atoms with van der Waals surface area (Å²) in [7, 11) is 1.24. The quantitative estimate of drug-likeness (QED) is 0.103. The van der Waals surface area contributed by atoms with Crippen LogP contribution in [0, 0.1) is 30.3 Å². The predicted molar refractivity (Wildman–Crippen MR) is 161 cm³/mol. The lowest BCUT2D eigenvalue weighted by atomic mass is 10.2. The van der Waals surface area contributed by atoms with E-state index in [0.29, 0.717) is 0 Å². The van der Waals surface area contributed by atoms with Crippen LogP contribution in [0.4, 0.5) is 17.1 Å². The second kappa shape index (κ2) is 18.7. The molecule has 1 N–H and O–H groups in total. The summed E-state index contributed by atoms with van der Waals surface area (Å²) < 4.78 is 19.6. The molecule has 0 aromatic heterocycles. The summed E-state index contributed by atoms with van der Waals surface area (Å²) in [4.78, 5) is 62.7. The molecule has 3 aromatic carbocycles. The predicted octanol–water partition coefficient (Wildman–Crippen LogP) is 5.84. The summed E-state index contributed by atoms with van der Waals surface area (Å²) in [6.45, 7) is 5.86. The number of rotatable bonds is 12. The fraction of sp³-hybridized carbons (Fsp3) is 0.250. The number of nitrogens with zero attached hydrogens (tertiary/aromatic N) is 3. The van der Waals surface area contributed by atoms with Gasteiger partial charge in [-0.15, -0.1) is 0 Å².